The Morgan fingerprint density at radius 2 is 1.97 bits per heavy atom. The summed E-state index contributed by atoms with van der Waals surface area (Å²) in [4.78, 5) is 35.3. The highest BCUT2D eigenvalue weighted by Crippen LogP contribution is 2.33. The van der Waals surface area contributed by atoms with Crippen LogP contribution in [0.5, 0.6) is 0 Å². The van der Waals surface area contributed by atoms with Crippen molar-refractivity contribution >= 4 is 17.2 Å². The molecular formula is C24H23F3N6O2. The quantitative estimate of drug-likeness (QED) is 0.471. The van der Waals surface area contributed by atoms with E-state index in [2.05, 4.69) is 15.3 Å². The van der Waals surface area contributed by atoms with Crippen LogP contribution in [-0.2, 0) is 13.1 Å². The van der Waals surface area contributed by atoms with Gasteiger partial charge < -0.3 is 9.72 Å². The van der Waals surface area contributed by atoms with Gasteiger partial charge in [-0.2, -0.15) is 13.2 Å². The summed E-state index contributed by atoms with van der Waals surface area (Å²) in [6.45, 7) is 1.20. The van der Waals surface area contributed by atoms with Gasteiger partial charge in [0.1, 0.15) is 17.0 Å². The van der Waals surface area contributed by atoms with Crippen molar-refractivity contribution in [2.75, 3.05) is 13.1 Å². The van der Waals surface area contributed by atoms with Crippen molar-refractivity contribution in [3.63, 3.8) is 0 Å². The maximum Gasteiger partial charge on any atom is 0.393 e. The molecule has 11 heteroatoms. The summed E-state index contributed by atoms with van der Waals surface area (Å²) in [5, 5.41) is 2.73. The molecule has 1 atom stereocenters. The molecule has 1 amide bonds. The number of carbonyl (C=O) groups is 1. The number of alkyl halides is 3. The lowest BCUT2D eigenvalue weighted by Gasteiger charge is -2.33. The molecular weight excluding hydrogens is 461 g/mol. The van der Waals surface area contributed by atoms with Gasteiger partial charge in [0.15, 0.2) is 0 Å². The summed E-state index contributed by atoms with van der Waals surface area (Å²) in [5.74, 6) is -1.77. The molecule has 0 radical (unpaired) electrons. The predicted molar refractivity (Wildman–Crippen MR) is 122 cm³/mol. The lowest BCUT2D eigenvalue weighted by Crippen LogP contribution is -2.41. The van der Waals surface area contributed by atoms with Crippen molar-refractivity contribution in [3.05, 3.63) is 82.3 Å². The summed E-state index contributed by atoms with van der Waals surface area (Å²) in [6, 6.07) is 9.92. The van der Waals surface area contributed by atoms with E-state index in [0.717, 1.165) is 5.56 Å². The van der Waals surface area contributed by atoms with Crippen LogP contribution in [0.25, 0.3) is 11.3 Å². The maximum absolute atomic E-state index is 13.1. The number of nitrogens with one attached hydrogen (secondary N) is 1. The molecule has 0 spiro atoms. The minimum Gasteiger partial charge on any atom is -0.345 e. The smallest absolute Gasteiger partial charge is 0.345 e. The molecule has 5 rings (SSSR count). The third-order valence-electron chi connectivity index (χ3n) is 6.17. The molecule has 1 aliphatic rings. The van der Waals surface area contributed by atoms with Crippen molar-refractivity contribution in [1.82, 2.24) is 29.0 Å². The van der Waals surface area contributed by atoms with Crippen LogP contribution in [0.4, 0.5) is 13.2 Å². The highest BCUT2D eigenvalue weighted by atomic mass is 19.4. The summed E-state index contributed by atoms with van der Waals surface area (Å²) >= 11 is 0. The number of fused-ring (bicyclic) bond motifs is 2. The summed E-state index contributed by atoms with van der Waals surface area (Å²) < 4.78 is 42.4. The van der Waals surface area contributed by atoms with Crippen LogP contribution >= 0.6 is 0 Å². The topological polar surface area (TPSA) is 84.0 Å². The summed E-state index contributed by atoms with van der Waals surface area (Å²) in [5.41, 5.74) is 2.19. The third kappa shape index (κ3) is 5.04. The van der Waals surface area contributed by atoms with Gasteiger partial charge in [0, 0.05) is 37.7 Å². The van der Waals surface area contributed by atoms with Crippen molar-refractivity contribution < 1.29 is 18.0 Å². The Kier molecular flexibility index (Phi) is 6.01. The van der Waals surface area contributed by atoms with Crippen LogP contribution in [0.1, 0.15) is 34.6 Å². The zero-order valence-electron chi connectivity index (χ0n) is 18.7. The molecule has 1 saturated heterocycles. The van der Waals surface area contributed by atoms with Crippen LogP contribution in [-0.4, -0.2) is 48.8 Å². The predicted octanol–water partition coefficient (Wildman–Crippen LogP) is 3.05. The number of carbonyl (C=O) groups excluding carboxylic acids is 1. The van der Waals surface area contributed by atoms with Crippen LogP contribution in [0.15, 0.2) is 59.8 Å². The molecule has 8 nitrogen and oxygen atoms in total. The minimum absolute atomic E-state index is 0.00906. The normalized spacial score (nSPS) is 17.2. The fraction of sp³-hybridized carbons (Fsp3) is 0.333. The first-order valence-electron chi connectivity index (χ1n) is 11.3. The number of likely N-dealkylation sites (tertiary alicyclic amines) is 1. The molecule has 1 unspecified atom stereocenters. The molecule has 1 N–H and O–H groups in total. The molecule has 1 fully saturated rings. The Balaban J connectivity index is 1.25. The second-order valence-electron chi connectivity index (χ2n) is 8.74. The van der Waals surface area contributed by atoms with E-state index in [9.17, 15) is 22.8 Å². The van der Waals surface area contributed by atoms with Gasteiger partial charge in [-0.25, -0.2) is 9.97 Å². The van der Waals surface area contributed by atoms with Gasteiger partial charge in [-0.15, -0.1) is 0 Å². The van der Waals surface area contributed by atoms with Crippen LogP contribution in [0.3, 0.4) is 0 Å². The molecule has 0 saturated carbocycles. The highest BCUT2D eigenvalue weighted by molar-refractivity contribution is 5.92. The first-order valence-corrected chi connectivity index (χ1v) is 11.3. The molecule has 0 aliphatic carbocycles. The van der Waals surface area contributed by atoms with E-state index in [4.69, 9.17) is 0 Å². The Bertz CT molecular complexity index is 1440. The van der Waals surface area contributed by atoms with Gasteiger partial charge in [-0.1, -0.05) is 12.1 Å². The molecule has 0 bridgehead atoms. The Hall–Kier alpha value is -3.73. The van der Waals surface area contributed by atoms with Gasteiger partial charge in [-0.3, -0.25) is 18.9 Å². The zero-order chi connectivity index (χ0) is 24.6. The van der Waals surface area contributed by atoms with Crippen LogP contribution in [0.2, 0.25) is 0 Å². The number of hydrogen-bond donors (Lipinski definition) is 1. The van der Waals surface area contributed by atoms with Crippen LogP contribution in [0, 0.1) is 5.92 Å². The number of hydrogen-bond acceptors (Lipinski definition) is 5. The summed E-state index contributed by atoms with van der Waals surface area (Å²) in [7, 11) is 0. The molecule has 4 aromatic heterocycles. The van der Waals surface area contributed by atoms with E-state index in [1.54, 1.807) is 41.1 Å². The van der Waals surface area contributed by atoms with Gasteiger partial charge in [-0.05, 0) is 43.1 Å². The zero-order valence-corrected chi connectivity index (χ0v) is 18.7. The molecule has 182 valence electrons. The number of pyridine rings is 2. The fourth-order valence-corrected chi connectivity index (χ4v) is 4.43. The monoisotopic (exact) mass is 484 g/mol. The standard InChI is InChI=1S/C24H23F3N6O2/c25-24(26,27)17-4-3-8-31(14-17)12-16-6-7-20-29-18(15-32(20)13-16)11-28-23(35)19-10-22(34)33-9-2-1-5-21(33)30-19/h1-2,5-7,9-10,13,15,17H,3-4,8,11-12,14H2,(H,28,35). The van der Waals surface area contributed by atoms with E-state index >= 15 is 0 Å². The first-order chi connectivity index (χ1) is 16.8. The van der Waals surface area contributed by atoms with Crippen molar-refractivity contribution in [2.45, 2.75) is 32.1 Å². The average molecular weight is 484 g/mol. The van der Waals surface area contributed by atoms with E-state index in [1.807, 2.05) is 17.2 Å². The number of aromatic nitrogens is 4. The number of nitrogens with zero attached hydrogens (tertiary/aromatic N) is 5. The Morgan fingerprint density at radius 3 is 2.80 bits per heavy atom. The van der Waals surface area contributed by atoms with E-state index in [0.29, 0.717) is 36.5 Å². The molecule has 4 aromatic rings. The molecule has 5 heterocycles. The Morgan fingerprint density at radius 1 is 1.11 bits per heavy atom. The number of piperidine rings is 1. The summed E-state index contributed by atoms with van der Waals surface area (Å²) in [6.07, 6.45) is 1.73. The number of amides is 1. The number of rotatable bonds is 5. The fourth-order valence-electron chi connectivity index (χ4n) is 4.43. The van der Waals surface area contributed by atoms with Crippen molar-refractivity contribution in [1.29, 1.82) is 0 Å². The maximum atomic E-state index is 13.1. The van der Waals surface area contributed by atoms with Gasteiger partial charge in [0.05, 0.1) is 18.2 Å². The lowest BCUT2D eigenvalue weighted by atomic mass is 9.97. The number of halogens is 3. The van der Waals surface area contributed by atoms with Crippen molar-refractivity contribution in [3.8, 4) is 0 Å². The third-order valence-corrected chi connectivity index (χ3v) is 6.17. The second-order valence-corrected chi connectivity index (χ2v) is 8.74. The van der Waals surface area contributed by atoms with Gasteiger partial charge in [0.2, 0.25) is 0 Å². The van der Waals surface area contributed by atoms with E-state index in [-0.39, 0.29) is 30.8 Å². The van der Waals surface area contributed by atoms with Crippen molar-refractivity contribution in [2.24, 2.45) is 5.92 Å². The molecule has 35 heavy (non-hydrogen) atoms. The van der Waals surface area contributed by atoms with Gasteiger partial charge in [0.25, 0.3) is 11.5 Å². The average Bonchev–Trinajstić information content (AvgIpc) is 3.24. The first kappa shape index (κ1) is 23.0. The highest BCUT2D eigenvalue weighted by Gasteiger charge is 2.41. The van der Waals surface area contributed by atoms with E-state index in [1.165, 1.54) is 10.5 Å². The largest absolute Gasteiger partial charge is 0.393 e. The molecule has 0 aromatic carbocycles. The van der Waals surface area contributed by atoms with Crippen LogP contribution < -0.4 is 10.9 Å². The Labute approximate surface area is 198 Å². The lowest BCUT2D eigenvalue weighted by molar-refractivity contribution is -0.187. The molecule has 1 aliphatic heterocycles. The second kappa shape index (κ2) is 9.14. The minimum atomic E-state index is -4.16. The van der Waals surface area contributed by atoms with Gasteiger partial charge >= 0.3 is 6.18 Å². The SMILES string of the molecule is O=C(NCc1cn2cc(CN3CCCC(C(F)(F)F)C3)ccc2n1)c1cc(=O)n2ccccc2n1. The van der Waals surface area contributed by atoms with E-state index < -0.39 is 18.0 Å². The number of imidazole rings is 1.